The molecule has 3 heterocycles. The van der Waals surface area contributed by atoms with Crippen LogP contribution in [0.3, 0.4) is 0 Å². The van der Waals surface area contributed by atoms with E-state index in [4.69, 9.17) is 5.73 Å². The van der Waals surface area contributed by atoms with Crippen LogP contribution in [0.2, 0.25) is 0 Å². The van der Waals surface area contributed by atoms with E-state index < -0.39 is 0 Å². The summed E-state index contributed by atoms with van der Waals surface area (Å²) in [5.74, 6) is 0.582. The van der Waals surface area contributed by atoms with Crippen LogP contribution in [0.1, 0.15) is 39.2 Å². The maximum atomic E-state index is 6.24. The summed E-state index contributed by atoms with van der Waals surface area (Å²) in [6, 6.07) is 0.228. The van der Waals surface area contributed by atoms with E-state index in [1.54, 1.807) is 0 Å². The van der Waals surface area contributed by atoms with Crippen LogP contribution in [-0.4, -0.2) is 35.6 Å². The number of aromatic nitrogens is 2. The minimum atomic E-state index is 0.228. The summed E-state index contributed by atoms with van der Waals surface area (Å²) in [5.41, 5.74) is 11.6. The minimum absolute atomic E-state index is 0.228. The Morgan fingerprint density at radius 3 is 3.00 bits per heavy atom. The molecule has 0 spiro atoms. The molecular weight excluding hydrogens is 298 g/mol. The third-order valence-corrected chi connectivity index (χ3v) is 4.61. The lowest BCUT2D eigenvalue weighted by atomic mass is 10.0. The Labute approximate surface area is 144 Å². The Balaban J connectivity index is 2.12. The molecule has 1 fully saturated rings. The highest BCUT2D eigenvalue weighted by atomic mass is 15.2. The molecule has 130 valence electrons. The highest BCUT2D eigenvalue weighted by Crippen LogP contribution is 2.38. The predicted octanol–water partition coefficient (Wildman–Crippen LogP) is 3.59. The lowest BCUT2D eigenvalue weighted by Crippen LogP contribution is -2.43. The average molecular weight is 327 g/mol. The zero-order valence-electron chi connectivity index (χ0n) is 15.0. The van der Waals surface area contributed by atoms with Crippen LogP contribution in [0.15, 0.2) is 19.0 Å². The second kappa shape index (κ2) is 6.85. The number of fused-ring (bicyclic) bond motifs is 1. The summed E-state index contributed by atoms with van der Waals surface area (Å²) in [4.78, 5) is 10.3. The first-order chi connectivity index (χ1) is 11.5. The molecule has 2 aromatic heterocycles. The van der Waals surface area contributed by atoms with Gasteiger partial charge in [-0.15, -0.1) is 0 Å². The number of piperidine rings is 1. The standard InChI is InChI=1S/C19H29N5/c1-12(2)8-21-16-10-23-19-17(16)18(15(9-22-19)13(3)4)24-7-5-6-14(20)11-24/h9-10,12,14,21H,3,5-8,11,20H2,1-2,4H3,(H,22,23)/t14-/m1/s1. The Morgan fingerprint density at radius 2 is 2.33 bits per heavy atom. The number of nitrogens with two attached hydrogens (primary N) is 1. The first-order valence-corrected chi connectivity index (χ1v) is 8.87. The summed E-state index contributed by atoms with van der Waals surface area (Å²) in [6.45, 7) is 13.5. The summed E-state index contributed by atoms with van der Waals surface area (Å²) < 4.78 is 0. The van der Waals surface area contributed by atoms with Gasteiger partial charge in [-0.05, 0) is 31.3 Å². The number of hydrogen-bond donors (Lipinski definition) is 3. The van der Waals surface area contributed by atoms with E-state index >= 15 is 0 Å². The number of nitrogens with one attached hydrogen (secondary N) is 2. The summed E-state index contributed by atoms with van der Waals surface area (Å²) in [7, 11) is 0. The number of pyridine rings is 1. The Morgan fingerprint density at radius 1 is 1.54 bits per heavy atom. The van der Waals surface area contributed by atoms with E-state index in [-0.39, 0.29) is 6.04 Å². The molecule has 1 aliphatic heterocycles. The molecule has 0 aromatic carbocycles. The maximum Gasteiger partial charge on any atom is 0.141 e. The van der Waals surface area contributed by atoms with Gasteiger partial charge in [-0.3, -0.25) is 0 Å². The van der Waals surface area contributed by atoms with Gasteiger partial charge in [0, 0.05) is 43.6 Å². The second-order valence-electron chi connectivity index (χ2n) is 7.35. The molecule has 0 unspecified atom stereocenters. The van der Waals surface area contributed by atoms with Crippen molar-refractivity contribution in [3.05, 3.63) is 24.5 Å². The molecule has 0 saturated carbocycles. The van der Waals surface area contributed by atoms with Crippen molar-refractivity contribution in [1.82, 2.24) is 9.97 Å². The van der Waals surface area contributed by atoms with Crippen molar-refractivity contribution < 1.29 is 0 Å². The van der Waals surface area contributed by atoms with E-state index in [1.807, 2.05) is 19.3 Å². The second-order valence-corrected chi connectivity index (χ2v) is 7.35. The number of anilines is 2. The van der Waals surface area contributed by atoms with Gasteiger partial charge in [0.25, 0.3) is 0 Å². The smallest absolute Gasteiger partial charge is 0.141 e. The molecule has 4 N–H and O–H groups in total. The molecule has 1 saturated heterocycles. The van der Waals surface area contributed by atoms with Crippen molar-refractivity contribution in [2.75, 3.05) is 29.9 Å². The molecule has 5 heteroatoms. The quantitative estimate of drug-likeness (QED) is 0.785. The van der Waals surface area contributed by atoms with Crippen molar-refractivity contribution in [2.24, 2.45) is 11.7 Å². The third kappa shape index (κ3) is 3.26. The van der Waals surface area contributed by atoms with E-state index in [2.05, 4.69) is 40.6 Å². The SMILES string of the molecule is C=C(C)c1cnc2[nH]cc(NCC(C)C)c2c1N1CCC[C@@H](N)C1. The molecule has 0 aliphatic carbocycles. The van der Waals surface area contributed by atoms with Crippen molar-refractivity contribution in [3.63, 3.8) is 0 Å². The summed E-state index contributed by atoms with van der Waals surface area (Å²) in [5, 5.41) is 4.72. The van der Waals surface area contributed by atoms with Gasteiger partial charge >= 0.3 is 0 Å². The monoisotopic (exact) mass is 327 g/mol. The van der Waals surface area contributed by atoms with Crippen molar-refractivity contribution in [1.29, 1.82) is 0 Å². The first-order valence-electron chi connectivity index (χ1n) is 8.87. The summed E-state index contributed by atoms with van der Waals surface area (Å²) >= 11 is 0. The third-order valence-electron chi connectivity index (χ3n) is 4.61. The van der Waals surface area contributed by atoms with Gasteiger partial charge in [0.1, 0.15) is 5.65 Å². The van der Waals surface area contributed by atoms with Gasteiger partial charge in [0.15, 0.2) is 0 Å². The zero-order valence-corrected chi connectivity index (χ0v) is 15.0. The first kappa shape index (κ1) is 16.8. The topological polar surface area (TPSA) is 70.0 Å². The number of H-pyrrole nitrogens is 1. The normalized spacial score (nSPS) is 18.4. The van der Waals surface area contributed by atoms with Crippen molar-refractivity contribution in [3.8, 4) is 0 Å². The number of nitrogens with zero attached hydrogens (tertiary/aromatic N) is 2. The Bertz CT molecular complexity index is 731. The molecule has 1 aliphatic rings. The van der Waals surface area contributed by atoms with E-state index in [0.717, 1.165) is 60.3 Å². The highest BCUT2D eigenvalue weighted by molar-refractivity contribution is 6.04. The lowest BCUT2D eigenvalue weighted by molar-refractivity contribution is 0.506. The van der Waals surface area contributed by atoms with Crippen LogP contribution >= 0.6 is 0 Å². The van der Waals surface area contributed by atoms with Crippen molar-refractivity contribution >= 4 is 28.0 Å². The molecular formula is C19H29N5. The van der Waals surface area contributed by atoms with Crippen LogP contribution in [0.25, 0.3) is 16.6 Å². The number of rotatable bonds is 5. The number of aromatic amines is 1. The molecule has 1 atom stereocenters. The molecule has 2 aromatic rings. The molecule has 24 heavy (non-hydrogen) atoms. The van der Waals surface area contributed by atoms with Gasteiger partial charge < -0.3 is 20.9 Å². The zero-order chi connectivity index (χ0) is 17.3. The van der Waals surface area contributed by atoms with Crippen LogP contribution in [0.5, 0.6) is 0 Å². The molecule has 0 bridgehead atoms. The fourth-order valence-electron chi connectivity index (χ4n) is 3.39. The summed E-state index contributed by atoms with van der Waals surface area (Å²) in [6.07, 6.45) is 6.18. The van der Waals surface area contributed by atoms with E-state index in [1.165, 1.54) is 5.69 Å². The predicted molar refractivity (Wildman–Crippen MR) is 104 cm³/mol. The van der Waals surface area contributed by atoms with Gasteiger partial charge in [-0.25, -0.2) is 4.98 Å². The largest absolute Gasteiger partial charge is 0.383 e. The minimum Gasteiger partial charge on any atom is -0.383 e. The van der Waals surface area contributed by atoms with Gasteiger partial charge in [-0.2, -0.15) is 0 Å². The van der Waals surface area contributed by atoms with Crippen molar-refractivity contribution in [2.45, 2.75) is 39.7 Å². The van der Waals surface area contributed by atoms with Gasteiger partial charge in [-0.1, -0.05) is 20.4 Å². The lowest BCUT2D eigenvalue weighted by Gasteiger charge is -2.34. The Kier molecular flexibility index (Phi) is 4.81. The molecule has 0 amide bonds. The van der Waals surface area contributed by atoms with Crippen LogP contribution < -0.4 is 16.0 Å². The highest BCUT2D eigenvalue weighted by Gasteiger charge is 2.24. The number of allylic oxidation sites excluding steroid dienone is 1. The van der Waals surface area contributed by atoms with Crippen LogP contribution in [0, 0.1) is 5.92 Å². The molecule has 5 nitrogen and oxygen atoms in total. The van der Waals surface area contributed by atoms with Crippen LogP contribution in [0.4, 0.5) is 11.4 Å². The van der Waals surface area contributed by atoms with E-state index in [9.17, 15) is 0 Å². The molecule has 0 radical (unpaired) electrons. The fraction of sp³-hybridized carbons (Fsp3) is 0.526. The van der Waals surface area contributed by atoms with Gasteiger partial charge in [0.05, 0.1) is 16.8 Å². The number of hydrogen-bond acceptors (Lipinski definition) is 4. The van der Waals surface area contributed by atoms with Crippen LogP contribution in [-0.2, 0) is 0 Å². The maximum absolute atomic E-state index is 6.24. The molecule has 3 rings (SSSR count). The Hall–Kier alpha value is -2.01. The van der Waals surface area contributed by atoms with Gasteiger partial charge in [0.2, 0.25) is 0 Å². The fourth-order valence-corrected chi connectivity index (χ4v) is 3.39. The van der Waals surface area contributed by atoms with E-state index in [0.29, 0.717) is 5.92 Å². The average Bonchev–Trinajstić information content (AvgIpc) is 2.95.